The fourth-order valence-corrected chi connectivity index (χ4v) is 2.01. The molecule has 0 aliphatic rings. The number of ether oxygens (including phenoxy) is 1. The van der Waals surface area contributed by atoms with Crippen molar-refractivity contribution in [2.75, 3.05) is 18.7 Å². The van der Waals surface area contributed by atoms with Gasteiger partial charge in [-0.1, -0.05) is 0 Å². The summed E-state index contributed by atoms with van der Waals surface area (Å²) in [6, 6.07) is 6.17. The minimum atomic E-state index is -3.19. The maximum atomic E-state index is 11.2. The van der Waals surface area contributed by atoms with E-state index in [1.807, 2.05) is 0 Å². The van der Waals surface area contributed by atoms with Gasteiger partial charge in [0.05, 0.1) is 12.0 Å². The lowest BCUT2D eigenvalue weighted by molar-refractivity contribution is -0.135. The van der Waals surface area contributed by atoms with Gasteiger partial charge in [0, 0.05) is 18.1 Å². The summed E-state index contributed by atoms with van der Waals surface area (Å²) in [4.78, 5) is 11.3. The molecule has 0 aromatic heterocycles. The van der Waals surface area contributed by atoms with Gasteiger partial charge in [-0.2, -0.15) is 0 Å². The van der Waals surface area contributed by atoms with Crippen LogP contribution in [-0.2, 0) is 19.4 Å². The lowest BCUT2D eigenvalue weighted by atomic mass is 10.3. The van der Waals surface area contributed by atoms with Gasteiger partial charge in [0.1, 0.15) is 4.48 Å². The van der Waals surface area contributed by atoms with Crippen LogP contribution >= 0.6 is 15.9 Å². The Morgan fingerprint density at radius 2 is 1.89 bits per heavy atom. The van der Waals surface area contributed by atoms with Crippen molar-refractivity contribution in [2.24, 2.45) is 0 Å². The number of sulfone groups is 1. The summed E-state index contributed by atoms with van der Waals surface area (Å²) in [5.74, 6) is -0.504. The first kappa shape index (κ1) is 14.7. The van der Waals surface area contributed by atoms with Crippen molar-refractivity contribution < 1.29 is 17.9 Å². The van der Waals surface area contributed by atoms with E-state index >= 15 is 0 Å². The molecular weight excluding hydrogens is 322 g/mol. The molecule has 18 heavy (non-hydrogen) atoms. The van der Waals surface area contributed by atoms with E-state index in [0.29, 0.717) is 5.69 Å². The van der Waals surface area contributed by atoms with Crippen molar-refractivity contribution >= 4 is 37.4 Å². The second-order valence-electron chi connectivity index (χ2n) is 3.42. The molecule has 0 saturated carbocycles. The minimum Gasteiger partial charge on any atom is -0.465 e. The SMILES string of the molecule is COC(=O)/C(Br)=C/Nc1ccc(S(C)(=O)=O)cc1. The highest BCUT2D eigenvalue weighted by Crippen LogP contribution is 2.15. The first-order chi connectivity index (χ1) is 8.34. The number of nitrogens with one attached hydrogen (secondary N) is 1. The Bertz CT molecular complexity index is 563. The van der Waals surface area contributed by atoms with Crippen molar-refractivity contribution in [3.63, 3.8) is 0 Å². The number of methoxy groups -OCH3 is 1. The van der Waals surface area contributed by atoms with Crippen molar-refractivity contribution in [1.82, 2.24) is 0 Å². The predicted molar refractivity (Wildman–Crippen MR) is 72.2 cm³/mol. The van der Waals surface area contributed by atoms with E-state index in [0.717, 1.165) is 6.26 Å². The monoisotopic (exact) mass is 333 g/mol. The van der Waals surface area contributed by atoms with Gasteiger partial charge in [0.25, 0.3) is 0 Å². The Morgan fingerprint density at radius 3 is 2.33 bits per heavy atom. The van der Waals surface area contributed by atoms with Crippen LogP contribution in [0.2, 0.25) is 0 Å². The molecule has 98 valence electrons. The van der Waals surface area contributed by atoms with E-state index in [2.05, 4.69) is 26.0 Å². The van der Waals surface area contributed by atoms with Crippen LogP contribution in [0.1, 0.15) is 0 Å². The molecule has 0 atom stereocenters. The number of benzene rings is 1. The van der Waals surface area contributed by atoms with Crippen LogP contribution in [0.5, 0.6) is 0 Å². The molecule has 0 unspecified atom stereocenters. The number of rotatable bonds is 4. The first-order valence-corrected chi connectivity index (χ1v) is 7.53. The Hall–Kier alpha value is -1.34. The molecule has 1 N–H and O–H groups in total. The smallest absolute Gasteiger partial charge is 0.346 e. The van der Waals surface area contributed by atoms with Crippen LogP contribution in [0, 0.1) is 0 Å². The van der Waals surface area contributed by atoms with E-state index in [4.69, 9.17) is 0 Å². The maximum Gasteiger partial charge on any atom is 0.346 e. The molecule has 5 nitrogen and oxygen atoms in total. The zero-order chi connectivity index (χ0) is 13.8. The molecule has 0 saturated heterocycles. The van der Waals surface area contributed by atoms with Crippen LogP contribution in [0.4, 0.5) is 5.69 Å². The summed E-state index contributed by atoms with van der Waals surface area (Å²) in [6.07, 6.45) is 2.56. The fourth-order valence-electron chi connectivity index (χ4n) is 1.10. The molecule has 7 heteroatoms. The number of hydrogen-bond donors (Lipinski definition) is 1. The van der Waals surface area contributed by atoms with E-state index in [-0.39, 0.29) is 9.38 Å². The molecular formula is C11H12BrNO4S. The molecule has 1 rings (SSSR count). The minimum absolute atomic E-state index is 0.234. The summed E-state index contributed by atoms with van der Waals surface area (Å²) in [5, 5.41) is 2.83. The Morgan fingerprint density at radius 1 is 1.33 bits per heavy atom. The predicted octanol–water partition coefficient (Wildman–Crippen LogP) is 1.91. The Balaban J connectivity index is 2.80. The van der Waals surface area contributed by atoms with Gasteiger partial charge in [0.15, 0.2) is 9.84 Å². The summed E-state index contributed by atoms with van der Waals surface area (Å²) in [6.45, 7) is 0. The highest BCUT2D eigenvalue weighted by Gasteiger charge is 2.06. The van der Waals surface area contributed by atoms with Gasteiger partial charge in [-0.3, -0.25) is 0 Å². The zero-order valence-electron chi connectivity index (χ0n) is 9.81. The molecule has 0 aliphatic carbocycles. The standard InChI is InChI=1S/C11H12BrNO4S/c1-17-11(14)10(12)7-13-8-3-5-9(6-4-8)18(2,15)16/h3-7,13H,1-2H3/b10-7-. The molecule has 0 bridgehead atoms. The average Bonchev–Trinajstić information content (AvgIpc) is 2.34. The van der Waals surface area contributed by atoms with Gasteiger partial charge in [0.2, 0.25) is 0 Å². The lowest BCUT2D eigenvalue weighted by Crippen LogP contribution is -2.02. The van der Waals surface area contributed by atoms with E-state index in [9.17, 15) is 13.2 Å². The third-order valence-electron chi connectivity index (χ3n) is 2.03. The van der Waals surface area contributed by atoms with Crippen molar-refractivity contribution in [3.05, 3.63) is 34.9 Å². The molecule has 1 aromatic rings. The van der Waals surface area contributed by atoms with Crippen molar-refractivity contribution in [1.29, 1.82) is 0 Å². The molecule has 0 fully saturated rings. The van der Waals surface area contributed by atoms with Gasteiger partial charge in [-0.25, -0.2) is 13.2 Å². The molecule has 0 aliphatic heterocycles. The maximum absolute atomic E-state index is 11.2. The zero-order valence-corrected chi connectivity index (χ0v) is 12.2. The summed E-state index contributed by atoms with van der Waals surface area (Å²) in [7, 11) is -1.92. The number of hydrogen-bond acceptors (Lipinski definition) is 5. The molecule has 1 aromatic carbocycles. The number of halogens is 1. The molecule has 0 spiro atoms. The summed E-state index contributed by atoms with van der Waals surface area (Å²) in [5.41, 5.74) is 0.656. The third-order valence-corrected chi connectivity index (χ3v) is 3.71. The molecule has 0 heterocycles. The van der Waals surface area contributed by atoms with E-state index < -0.39 is 15.8 Å². The second kappa shape index (κ2) is 6.01. The van der Waals surface area contributed by atoms with Gasteiger partial charge in [-0.05, 0) is 40.2 Å². The van der Waals surface area contributed by atoms with Gasteiger partial charge in [-0.15, -0.1) is 0 Å². The number of anilines is 1. The number of carbonyl (C=O) groups is 1. The lowest BCUT2D eigenvalue weighted by Gasteiger charge is -2.03. The number of carbonyl (C=O) groups excluding carboxylic acids is 1. The fraction of sp³-hybridized carbons (Fsp3) is 0.182. The van der Waals surface area contributed by atoms with Crippen molar-refractivity contribution in [3.8, 4) is 0 Å². The van der Waals surface area contributed by atoms with Crippen LogP contribution in [0.3, 0.4) is 0 Å². The van der Waals surface area contributed by atoms with Gasteiger partial charge < -0.3 is 10.1 Å². The molecule has 0 amide bonds. The molecule has 0 radical (unpaired) electrons. The quantitative estimate of drug-likeness (QED) is 0.673. The summed E-state index contributed by atoms with van der Waals surface area (Å²) < 4.78 is 27.2. The Labute approximate surface area is 114 Å². The highest BCUT2D eigenvalue weighted by atomic mass is 79.9. The average molecular weight is 334 g/mol. The van der Waals surface area contributed by atoms with Gasteiger partial charge >= 0.3 is 5.97 Å². The Kier molecular flexibility index (Phi) is 4.92. The second-order valence-corrected chi connectivity index (χ2v) is 6.29. The first-order valence-electron chi connectivity index (χ1n) is 4.85. The van der Waals surface area contributed by atoms with Crippen LogP contribution in [0.15, 0.2) is 39.8 Å². The highest BCUT2D eigenvalue weighted by molar-refractivity contribution is 9.12. The van der Waals surface area contributed by atoms with Crippen LogP contribution in [0.25, 0.3) is 0 Å². The van der Waals surface area contributed by atoms with E-state index in [1.165, 1.54) is 25.4 Å². The van der Waals surface area contributed by atoms with Crippen LogP contribution < -0.4 is 5.32 Å². The third kappa shape index (κ3) is 4.15. The normalized spacial score (nSPS) is 12.1. The van der Waals surface area contributed by atoms with Crippen molar-refractivity contribution in [2.45, 2.75) is 4.90 Å². The van der Waals surface area contributed by atoms with Crippen LogP contribution in [-0.4, -0.2) is 27.8 Å². The largest absolute Gasteiger partial charge is 0.465 e. The summed E-state index contributed by atoms with van der Waals surface area (Å²) >= 11 is 3.04. The van der Waals surface area contributed by atoms with E-state index in [1.54, 1.807) is 12.1 Å². The number of esters is 1. The topological polar surface area (TPSA) is 72.5 Å².